The summed E-state index contributed by atoms with van der Waals surface area (Å²) in [4.78, 5) is 90.6. The van der Waals surface area contributed by atoms with Crippen LogP contribution < -0.4 is 82.7 Å². The fourth-order valence-corrected chi connectivity index (χ4v) is 8.32. The Morgan fingerprint density at radius 1 is 0.690 bits per heavy atom. The van der Waals surface area contributed by atoms with Gasteiger partial charge in [0.15, 0.2) is 24.3 Å². The highest BCUT2D eigenvalue weighted by Gasteiger charge is 2.49. The Balaban J connectivity index is 1.24. The lowest BCUT2D eigenvalue weighted by atomic mass is 9.95. The summed E-state index contributed by atoms with van der Waals surface area (Å²) in [5.74, 6) is -1.82. The van der Waals surface area contributed by atoms with Gasteiger partial charge in [-0.25, -0.2) is 9.79 Å². The summed E-state index contributed by atoms with van der Waals surface area (Å²) in [5, 5.41) is 53.7. The standard InChI is InChI=1S/C43H82N16O12/c44-11-1-6-23(45)16-30(62)51-12-2-7-24(46)17-31(63)52-13-3-8-25(47)18-32(64)53-14-4-9-26(48)19-33(65)54-15-5-10-27(49)20-34(66)56-37-38(67)39(71-42(50)69)29(22-60)70-41(37)59-43-57-35-28(61)21-55-40(68)36(35)58-43/h23-29,35-39,41,60-61,67H,1-22,44-49H2,(H2,50,69)(H,51,62)(H,52,63)(H,53,64)(H,54,65)(H,55,68)(H,56,66)(H2,57,58,59)/t23-,24-,25-,26-,27-,28+,29+,35?,36?,37+,38-,39-,41+/m0/s1. The van der Waals surface area contributed by atoms with E-state index in [-0.39, 0.29) is 86.9 Å². The third-order valence-electron chi connectivity index (χ3n) is 12.2. The number of carbonyl (C=O) groups excluding carboxylic acids is 7. The van der Waals surface area contributed by atoms with E-state index in [4.69, 9.17) is 49.6 Å². The van der Waals surface area contributed by atoms with Crippen molar-refractivity contribution in [2.75, 3.05) is 45.9 Å². The zero-order valence-corrected chi connectivity index (χ0v) is 40.6. The fraction of sp³-hybridized carbons (Fsp3) is 0.814. The molecule has 13 atom stereocenters. The third-order valence-corrected chi connectivity index (χ3v) is 12.2. The zero-order valence-electron chi connectivity index (χ0n) is 40.6. The number of primary amides is 1. The minimum atomic E-state index is -1.65. The molecule has 3 heterocycles. The van der Waals surface area contributed by atoms with E-state index in [0.29, 0.717) is 84.0 Å². The predicted molar refractivity (Wildman–Crippen MR) is 259 cm³/mol. The van der Waals surface area contributed by atoms with Gasteiger partial charge in [-0.15, -0.1) is 0 Å². The van der Waals surface area contributed by atoms with Crippen LogP contribution in [0.2, 0.25) is 0 Å². The molecule has 0 saturated carbocycles. The van der Waals surface area contributed by atoms with Crippen molar-refractivity contribution in [3.05, 3.63) is 0 Å². The minimum absolute atomic E-state index is 0.00440. The normalized spacial score (nSPS) is 24.8. The molecule has 0 bridgehead atoms. The summed E-state index contributed by atoms with van der Waals surface area (Å²) in [6.07, 6.45) is -2.02. The first kappa shape index (κ1) is 60.3. The number of nitrogens with zero attached hydrogens (tertiary/aromatic N) is 1. The number of carbonyl (C=O) groups is 7. The topological polar surface area (TPSA) is 489 Å². The molecular weight excluding hydrogens is 933 g/mol. The molecule has 71 heavy (non-hydrogen) atoms. The molecule has 2 saturated heterocycles. The second kappa shape index (κ2) is 32.1. The molecule has 0 aromatic heterocycles. The first-order valence-corrected chi connectivity index (χ1v) is 24.6. The number of ether oxygens (including phenoxy) is 2. The quantitative estimate of drug-likeness (QED) is 0.0272. The molecule has 0 aromatic rings. The highest BCUT2D eigenvalue weighted by molar-refractivity contribution is 5.93. The summed E-state index contributed by atoms with van der Waals surface area (Å²) < 4.78 is 10.9. The Bertz CT molecular complexity index is 1740. The number of nitrogens with two attached hydrogens (primary N) is 7. The van der Waals surface area contributed by atoms with E-state index >= 15 is 0 Å². The van der Waals surface area contributed by atoms with Crippen LogP contribution in [0.1, 0.15) is 96.3 Å². The maximum atomic E-state index is 13.2. The highest BCUT2D eigenvalue weighted by atomic mass is 16.6. The molecule has 3 aliphatic heterocycles. The van der Waals surface area contributed by atoms with Crippen molar-refractivity contribution in [1.82, 2.24) is 42.5 Å². The Labute approximate surface area is 413 Å². The van der Waals surface area contributed by atoms with Crippen molar-refractivity contribution >= 4 is 47.5 Å². The highest BCUT2D eigenvalue weighted by Crippen LogP contribution is 2.24. The van der Waals surface area contributed by atoms with Gasteiger partial charge in [0.05, 0.1) is 18.8 Å². The summed E-state index contributed by atoms with van der Waals surface area (Å²) in [5.41, 5.74) is 41.2. The van der Waals surface area contributed by atoms with Crippen molar-refractivity contribution in [3.8, 4) is 0 Å². The average molecular weight is 1020 g/mol. The van der Waals surface area contributed by atoms with E-state index in [1.54, 1.807) is 0 Å². The SMILES string of the molecule is NCCC[C@H](N)CC(=O)NCCC[C@H](N)CC(=O)NCCC[C@H](N)CC(=O)NCCC[C@H](N)CC(=O)NCCC[C@H](N)CC(=O)N[C@@H]1[C@H](O)[C@@H](OC(N)=O)[C@@H](CO)O[C@H]1NC1=NC2C(=O)NC[C@@H](O)C2N1. The van der Waals surface area contributed by atoms with Gasteiger partial charge in [-0.05, 0) is 70.8 Å². The van der Waals surface area contributed by atoms with Crippen LogP contribution in [0.4, 0.5) is 4.79 Å². The molecule has 0 aromatic carbocycles. The van der Waals surface area contributed by atoms with E-state index < -0.39 is 91.4 Å². The van der Waals surface area contributed by atoms with Crippen molar-refractivity contribution in [2.45, 2.75) is 175 Å². The van der Waals surface area contributed by atoms with Crippen molar-refractivity contribution in [3.63, 3.8) is 0 Å². The second-order valence-corrected chi connectivity index (χ2v) is 18.5. The number of nitrogens with one attached hydrogen (secondary N) is 8. The maximum Gasteiger partial charge on any atom is 0.404 e. The van der Waals surface area contributed by atoms with Crippen LogP contribution in [0, 0.1) is 0 Å². The van der Waals surface area contributed by atoms with Crippen molar-refractivity contribution in [1.29, 1.82) is 0 Å². The summed E-state index contributed by atoms with van der Waals surface area (Å²) in [6, 6.07) is -5.13. The average Bonchev–Trinajstić information content (AvgIpc) is 3.74. The van der Waals surface area contributed by atoms with E-state index in [9.17, 15) is 48.9 Å². The molecule has 2 fully saturated rings. The fourth-order valence-electron chi connectivity index (χ4n) is 8.32. The number of guanidine groups is 1. The smallest absolute Gasteiger partial charge is 0.404 e. The van der Waals surface area contributed by atoms with Crippen LogP contribution in [0.3, 0.4) is 0 Å². The zero-order chi connectivity index (χ0) is 52.5. The van der Waals surface area contributed by atoms with Gasteiger partial charge < -0.3 is 107 Å². The number of β-amino-alcohol motifs (C(OH)–C–C–N with tert-alkyl or cyclic N) is 1. The number of aliphatic imine (C=N–C) groups is 1. The Morgan fingerprint density at radius 3 is 1.51 bits per heavy atom. The van der Waals surface area contributed by atoms with Gasteiger partial charge in [0.25, 0.3) is 0 Å². The van der Waals surface area contributed by atoms with Gasteiger partial charge in [-0.2, -0.15) is 0 Å². The molecule has 7 amide bonds. The largest absolute Gasteiger partial charge is 0.441 e. The van der Waals surface area contributed by atoms with Crippen LogP contribution in [0.5, 0.6) is 0 Å². The van der Waals surface area contributed by atoms with Crippen LogP contribution in [0.25, 0.3) is 0 Å². The number of piperidine rings is 1. The lowest BCUT2D eigenvalue weighted by molar-refractivity contribution is -0.198. The molecule has 0 radical (unpaired) electrons. The van der Waals surface area contributed by atoms with Crippen LogP contribution in [-0.2, 0) is 38.2 Å². The van der Waals surface area contributed by atoms with Gasteiger partial charge in [0, 0.05) is 95.0 Å². The number of fused-ring (bicyclic) bond motifs is 1. The number of hydrogen-bond acceptors (Lipinski definition) is 21. The van der Waals surface area contributed by atoms with Crippen LogP contribution >= 0.6 is 0 Å². The molecule has 3 aliphatic rings. The predicted octanol–water partition coefficient (Wildman–Crippen LogP) is -7.30. The Kier molecular flexibility index (Phi) is 27.3. The number of aliphatic hydroxyl groups is 3. The molecule has 25 N–H and O–H groups in total. The second-order valence-electron chi connectivity index (χ2n) is 18.5. The monoisotopic (exact) mass is 1010 g/mol. The van der Waals surface area contributed by atoms with Crippen molar-refractivity contribution in [2.24, 2.45) is 45.1 Å². The van der Waals surface area contributed by atoms with Crippen molar-refractivity contribution < 1.29 is 58.4 Å². The van der Waals surface area contributed by atoms with Crippen LogP contribution in [-0.4, -0.2) is 188 Å². The molecular formula is C43H82N16O12. The molecule has 3 rings (SSSR count). The Morgan fingerprint density at radius 2 is 1.11 bits per heavy atom. The van der Waals surface area contributed by atoms with Gasteiger partial charge in [-0.1, -0.05) is 0 Å². The van der Waals surface area contributed by atoms with Gasteiger partial charge in [0.1, 0.15) is 18.2 Å². The first-order chi connectivity index (χ1) is 33.8. The van der Waals surface area contributed by atoms with E-state index in [1.807, 2.05) is 0 Å². The molecule has 406 valence electrons. The van der Waals surface area contributed by atoms with Gasteiger partial charge in [-0.3, -0.25) is 28.8 Å². The molecule has 0 aliphatic carbocycles. The summed E-state index contributed by atoms with van der Waals surface area (Å²) in [7, 11) is 0. The molecule has 28 heteroatoms. The van der Waals surface area contributed by atoms with Gasteiger partial charge >= 0.3 is 6.09 Å². The number of hydrogen-bond donors (Lipinski definition) is 18. The number of aliphatic hydroxyl groups excluding tert-OH is 3. The van der Waals surface area contributed by atoms with E-state index in [0.717, 1.165) is 6.42 Å². The van der Waals surface area contributed by atoms with Crippen LogP contribution in [0.15, 0.2) is 4.99 Å². The van der Waals surface area contributed by atoms with E-state index in [2.05, 4.69) is 47.5 Å². The Hall–Kier alpha value is -5.04. The maximum absolute atomic E-state index is 13.2. The number of rotatable bonds is 33. The summed E-state index contributed by atoms with van der Waals surface area (Å²) >= 11 is 0. The first-order valence-electron chi connectivity index (χ1n) is 24.6. The third kappa shape index (κ3) is 22.9. The molecule has 0 spiro atoms. The van der Waals surface area contributed by atoms with Gasteiger partial charge in [0.2, 0.25) is 35.4 Å². The van der Waals surface area contributed by atoms with E-state index in [1.165, 1.54) is 0 Å². The molecule has 2 unspecified atom stereocenters. The lowest BCUT2D eigenvalue weighted by Crippen LogP contribution is -2.70. The summed E-state index contributed by atoms with van der Waals surface area (Å²) in [6.45, 7) is 1.29. The molecule has 28 nitrogen and oxygen atoms in total. The lowest BCUT2D eigenvalue weighted by Gasteiger charge is -2.44. The number of amides is 7. The minimum Gasteiger partial charge on any atom is -0.441 e.